The Labute approximate surface area is 220 Å². The van der Waals surface area contributed by atoms with Crippen molar-refractivity contribution in [2.24, 2.45) is 0 Å². The number of rotatable bonds is 4. The number of aromatic nitrogens is 2. The Hall–Kier alpha value is -4.03. The summed E-state index contributed by atoms with van der Waals surface area (Å²) < 4.78 is 0. The van der Waals surface area contributed by atoms with Crippen LogP contribution in [0.4, 0.5) is 11.4 Å². The number of nitrogens with zero attached hydrogens (tertiary/aromatic N) is 3. The summed E-state index contributed by atoms with van der Waals surface area (Å²) in [6, 6.07) is 21.3. The van der Waals surface area contributed by atoms with Crippen molar-refractivity contribution < 1.29 is 9.90 Å². The molecule has 6 rings (SSSR count). The van der Waals surface area contributed by atoms with Gasteiger partial charge in [0.15, 0.2) is 0 Å². The van der Waals surface area contributed by atoms with Crippen LogP contribution in [0, 0.1) is 6.92 Å². The Bertz CT molecular complexity index is 1670. The molecule has 2 heterocycles. The largest absolute Gasteiger partial charge is 0.507 e. The Morgan fingerprint density at radius 3 is 2.65 bits per heavy atom. The molecule has 2 N–H and O–H groups in total. The van der Waals surface area contributed by atoms with Crippen LogP contribution in [0.5, 0.6) is 5.75 Å². The van der Waals surface area contributed by atoms with Crippen molar-refractivity contribution in [1.29, 1.82) is 0 Å². The molecule has 5 aromatic rings. The molecule has 0 spiro atoms. The van der Waals surface area contributed by atoms with Gasteiger partial charge < -0.3 is 19.9 Å². The van der Waals surface area contributed by atoms with Crippen molar-refractivity contribution in [2.45, 2.75) is 12.8 Å². The Kier molecular flexibility index (Phi) is 5.57. The zero-order valence-corrected chi connectivity index (χ0v) is 21.7. The zero-order valence-electron chi connectivity index (χ0n) is 20.9. The van der Waals surface area contributed by atoms with Gasteiger partial charge in [-0.15, -0.1) is 11.6 Å². The summed E-state index contributed by atoms with van der Waals surface area (Å²) in [7, 11) is 4.02. The van der Waals surface area contributed by atoms with Crippen LogP contribution in [-0.4, -0.2) is 47.5 Å². The molecule has 6 nitrogen and oxygen atoms in total. The van der Waals surface area contributed by atoms with Gasteiger partial charge in [-0.05, 0) is 65.9 Å². The number of amides is 1. The number of H-pyrrole nitrogens is 1. The molecule has 0 fully saturated rings. The van der Waals surface area contributed by atoms with Crippen LogP contribution in [0.25, 0.3) is 33.2 Å². The van der Waals surface area contributed by atoms with Gasteiger partial charge in [0.05, 0.1) is 16.7 Å². The maximum absolute atomic E-state index is 13.8. The molecule has 0 aliphatic carbocycles. The second-order valence-corrected chi connectivity index (χ2v) is 10.2. The number of anilines is 2. The molecule has 1 atom stereocenters. The summed E-state index contributed by atoms with van der Waals surface area (Å²) in [5, 5.41) is 12.6. The van der Waals surface area contributed by atoms with Gasteiger partial charge in [0.25, 0.3) is 5.91 Å². The van der Waals surface area contributed by atoms with Crippen LogP contribution in [0.2, 0.25) is 0 Å². The van der Waals surface area contributed by atoms with Gasteiger partial charge in [0, 0.05) is 60.7 Å². The van der Waals surface area contributed by atoms with Crippen molar-refractivity contribution in [3.63, 3.8) is 0 Å². The highest BCUT2D eigenvalue weighted by molar-refractivity contribution is 6.19. The number of carbonyl (C=O) groups is 1. The number of imidazole rings is 1. The number of aromatic amines is 1. The Morgan fingerprint density at radius 2 is 1.92 bits per heavy atom. The van der Waals surface area contributed by atoms with Gasteiger partial charge in [-0.2, -0.15) is 0 Å². The van der Waals surface area contributed by atoms with Crippen LogP contribution in [0.3, 0.4) is 0 Å². The van der Waals surface area contributed by atoms with E-state index >= 15 is 0 Å². The molecule has 0 bridgehead atoms. The maximum Gasteiger partial charge on any atom is 0.258 e. The summed E-state index contributed by atoms with van der Waals surface area (Å²) in [6.45, 7) is 2.49. The summed E-state index contributed by atoms with van der Waals surface area (Å²) in [5.41, 5.74) is 7.04. The smallest absolute Gasteiger partial charge is 0.258 e. The van der Waals surface area contributed by atoms with Crippen LogP contribution in [0.1, 0.15) is 27.4 Å². The number of benzene rings is 4. The number of aromatic hydroxyl groups is 1. The van der Waals surface area contributed by atoms with Crippen LogP contribution in [0.15, 0.2) is 66.7 Å². The number of aryl methyl sites for hydroxylation is 1. The van der Waals surface area contributed by atoms with Crippen molar-refractivity contribution in [2.75, 3.05) is 36.3 Å². The number of alkyl halides is 1. The third-order valence-electron chi connectivity index (χ3n) is 7.29. The minimum absolute atomic E-state index is 0.0163. The molecule has 0 radical (unpaired) electrons. The van der Waals surface area contributed by atoms with Crippen molar-refractivity contribution in [3.8, 4) is 17.1 Å². The summed E-state index contributed by atoms with van der Waals surface area (Å²) in [6.07, 6.45) is 0. The maximum atomic E-state index is 13.8. The number of nitrogens with one attached hydrogen (secondary N) is 1. The zero-order chi connectivity index (χ0) is 25.8. The van der Waals surface area contributed by atoms with Gasteiger partial charge >= 0.3 is 0 Å². The van der Waals surface area contributed by atoms with Crippen LogP contribution >= 0.6 is 11.6 Å². The lowest BCUT2D eigenvalue weighted by molar-refractivity contribution is 0.0988. The van der Waals surface area contributed by atoms with E-state index in [9.17, 15) is 9.90 Å². The molecule has 7 heteroatoms. The fraction of sp³-hybridized carbons (Fsp3) is 0.200. The van der Waals surface area contributed by atoms with E-state index in [0.717, 1.165) is 55.7 Å². The lowest BCUT2D eigenvalue weighted by atomic mass is 9.92. The number of hydrogen-bond donors (Lipinski definition) is 2. The Morgan fingerprint density at radius 1 is 1.14 bits per heavy atom. The first-order chi connectivity index (χ1) is 17.9. The number of phenols is 1. The van der Waals surface area contributed by atoms with Crippen molar-refractivity contribution in [1.82, 2.24) is 9.97 Å². The second kappa shape index (κ2) is 8.82. The van der Waals surface area contributed by atoms with Crippen LogP contribution in [-0.2, 0) is 0 Å². The van der Waals surface area contributed by atoms with E-state index in [4.69, 9.17) is 16.6 Å². The topological polar surface area (TPSA) is 72.5 Å². The van der Waals surface area contributed by atoms with Gasteiger partial charge in [0.1, 0.15) is 11.6 Å². The number of carbonyl (C=O) groups excluding carboxylic acids is 1. The lowest BCUT2D eigenvalue weighted by Crippen LogP contribution is -2.30. The molecular weight excluding hydrogens is 484 g/mol. The minimum Gasteiger partial charge on any atom is -0.507 e. The van der Waals surface area contributed by atoms with E-state index in [1.165, 1.54) is 0 Å². The first-order valence-electron chi connectivity index (χ1n) is 12.3. The highest BCUT2D eigenvalue weighted by Gasteiger charge is 2.35. The average molecular weight is 511 g/mol. The number of halogens is 1. The normalized spacial score (nSPS) is 14.9. The first kappa shape index (κ1) is 23.4. The van der Waals surface area contributed by atoms with E-state index in [1.807, 2.05) is 69.6 Å². The van der Waals surface area contributed by atoms with E-state index in [-0.39, 0.29) is 17.6 Å². The van der Waals surface area contributed by atoms with E-state index in [1.54, 1.807) is 11.0 Å². The van der Waals surface area contributed by atoms with E-state index in [0.29, 0.717) is 18.0 Å². The quantitative estimate of drug-likeness (QED) is 0.273. The summed E-state index contributed by atoms with van der Waals surface area (Å²) in [5.74, 6) is 1.16. The molecular formula is C30H27ClN4O2. The standard InChI is InChI=1S/C30H27ClN4O2/c1-17-5-4-6-22-26(36)14-25-28(27(17)22)20(15-31)16-35(25)30(37)19-9-12-23-24(13-19)33-29(32-23)18-7-10-21(11-8-18)34(2)3/h4-14,20,36H,15-16H2,1-3H3,(H,32,33). The summed E-state index contributed by atoms with van der Waals surface area (Å²) >= 11 is 6.39. The highest BCUT2D eigenvalue weighted by atomic mass is 35.5. The predicted octanol–water partition coefficient (Wildman–Crippen LogP) is 6.45. The fourth-order valence-corrected chi connectivity index (χ4v) is 5.62. The third-order valence-corrected chi connectivity index (χ3v) is 7.66. The molecule has 1 aliphatic rings. The molecule has 186 valence electrons. The minimum atomic E-state index is -0.130. The van der Waals surface area contributed by atoms with E-state index in [2.05, 4.69) is 22.0 Å². The molecule has 1 aliphatic heterocycles. The Balaban J connectivity index is 1.38. The molecule has 4 aromatic carbocycles. The van der Waals surface area contributed by atoms with Gasteiger partial charge in [-0.1, -0.05) is 18.2 Å². The highest BCUT2D eigenvalue weighted by Crippen LogP contribution is 2.46. The second-order valence-electron chi connectivity index (χ2n) is 9.85. The van der Waals surface area contributed by atoms with Gasteiger partial charge in [-0.3, -0.25) is 4.79 Å². The monoisotopic (exact) mass is 510 g/mol. The molecule has 1 unspecified atom stereocenters. The first-order valence-corrected chi connectivity index (χ1v) is 12.8. The molecule has 0 saturated carbocycles. The number of fused-ring (bicyclic) bond motifs is 4. The van der Waals surface area contributed by atoms with Gasteiger partial charge in [-0.25, -0.2) is 4.98 Å². The predicted molar refractivity (Wildman–Crippen MR) is 151 cm³/mol. The average Bonchev–Trinajstić information content (AvgIpc) is 3.49. The van der Waals surface area contributed by atoms with Crippen molar-refractivity contribution in [3.05, 3.63) is 83.4 Å². The SMILES string of the molecule is Cc1cccc2c(O)cc3c(c12)C(CCl)CN3C(=O)c1ccc2nc(-c3ccc(N(C)C)cc3)[nH]c2c1. The van der Waals surface area contributed by atoms with E-state index < -0.39 is 0 Å². The number of hydrogen-bond acceptors (Lipinski definition) is 4. The molecule has 1 aromatic heterocycles. The molecule has 1 amide bonds. The lowest BCUT2D eigenvalue weighted by Gasteiger charge is -2.19. The fourth-order valence-electron chi connectivity index (χ4n) is 5.37. The van der Waals surface area contributed by atoms with Crippen molar-refractivity contribution >= 4 is 50.7 Å². The molecule has 37 heavy (non-hydrogen) atoms. The number of phenolic OH excluding ortho intramolecular Hbond substituents is 1. The molecule has 0 saturated heterocycles. The summed E-state index contributed by atoms with van der Waals surface area (Å²) in [4.78, 5) is 25.7. The van der Waals surface area contributed by atoms with Gasteiger partial charge in [0.2, 0.25) is 0 Å². The third kappa shape index (κ3) is 3.80. The van der Waals surface area contributed by atoms with Crippen LogP contribution < -0.4 is 9.80 Å².